The van der Waals surface area contributed by atoms with Crippen molar-refractivity contribution in [2.75, 3.05) is 20.1 Å². The van der Waals surface area contributed by atoms with E-state index in [1.54, 1.807) is 0 Å². The summed E-state index contributed by atoms with van der Waals surface area (Å²) in [6.07, 6.45) is 4.36. The van der Waals surface area contributed by atoms with Crippen LogP contribution in [0, 0.1) is 3.57 Å². The predicted octanol–water partition coefficient (Wildman–Crippen LogP) is 3.45. The minimum atomic E-state index is -0.164. The predicted molar refractivity (Wildman–Crippen MR) is 91.7 cm³/mol. The number of likely N-dealkylation sites (tertiary alicyclic amines) is 1. The van der Waals surface area contributed by atoms with Gasteiger partial charge in [0.25, 0.3) is 0 Å². The van der Waals surface area contributed by atoms with Crippen LogP contribution in [0.3, 0.4) is 0 Å². The highest BCUT2D eigenvalue weighted by Crippen LogP contribution is 2.42. The number of hydrogen-bond acceptors (Lipinski definition) is 2. The van der Waals surface area contributed by atoms with E-state index in [9.17, 15) is 0 Å². The van der Waals surface area contributed by atoms with Crippen LogP contribution in [-0.4, -0.2) is 29.6 Å². The van der Waals surface area contributed by atoms with Gasteiger partial charge in [-0.05, 0) is 41.8 Å². The third kappa shape index (κ3) is 2.28. The van der Waals surface area contributed by atoms with Gasteiger partial charge in [-0.2, -0.15) is 0 Å². The molecule has 1 aromatic heterocycles. The molecule has 4 rings (SSSR count). The lowest BCUT2D eigenvalue weighted by Gasteiger charge is -2.40. The van der Waals surface area contributed by atoms with Gasteiger partial charge in [0.2, 0.25) is 0 Å². The quantitative estimate of drug-likeness (QED) is 0.637. The van der Waals surface area contributed by atoms with Crippen LogP contribution in [0.4, 0.5) is 0 Å². The number of nitrogens with zero attached hydrogens (tertiary/aromatic N) is 2. The van der Waals surface area contributed by atoms with E-state index in [0.717, 1.165) is 38.2 Å². The standard InChI is InChI=1S/C17H19IN2O/c1-19-8-6-17(7-9-19)16-10-14(18)12-20(16)11-13-4-2-3-5-15(13)21-17/h2-5,10,12H,6-9,11H2,1H3. The number of rotatable bonds is 0. The van der Waals surface area contributed by atoms with Crippen molar-refractivity contribution in [2.24, 2.45) is 0 Å². The van der Waals surface area contributed by atoms with E-state index in [1.165, 1.54) is 14.8 Å². The van der Waals surface area contributed by atoms with E-state index in [2.05, 4.69) is 75.6 Å². The first-order valence-electron chi connectivity index (χ1n) is 7.48. The number of piperidine rings is 1. The van der Waals surface area contributed by atoms with Gasteiger partial charge in [-0.15, -0.1) is 0 Å². The first-order chi connectivity index (χ1) is 10.2. The van der Waals surface area contributed by atoms with Crippen LogP contribution in [0.25, 0.3) is 0 Å². The van der Waals surface area contributed by atoms with E-state index in [4.69, 9.17) is 4.74 Å². The summed E-state index contributed by atoms with van der Waals surface area (Å²) in [4.78, 5) is 2.39. The van der Waals surface area contributed by atoms with Gasteiger partial charge in [0.15, 0.2) is 5.60 Å². The number of fused-ring (bicyclic) bond motifs is 3. The fraction of sp³-hybridized carbons (Fsp3) is 0.412. The molecule has 2 aliphatic rings. The zero-order chi connectivity index (χ0) is 14.4. The summed E-state index contributed by atoms with van der Waals surface area (Å²) in [5, 5.41) is 0. The zero-order valence-electron chi connectivity index (χ0n) is 12.2. The first-order valence-corrected chi connectivity index (χ1v) is 8.56. The van der Waals surface area contributed by atoms with Crippen molar-refractivity contribution in [3.8, 4) is 5.75 Å². The fourth-order valence-corrected chi connectivity index (χ4v) is 4.14. The number of hydrogen-bond donors (Lipinski definition) is 0. The third-order valence-corrected chi connectivity index (χ3v) is 5.33. The Morgan fingerprint density at radius 1 is 1.19 bits per heavy atom. The maximum Gasteiger partial charge on any atom is 0.151 e. The van der Waals surface area contributed by atoms with Crippen LogP contribution in [0.5, 0.6) is 5.75 Å². The molecule has 2 aliphatic heterocycles. The highest BCUT2D eigenvalue weighted by atomic mass is 127. The molecule has 21 heavy (non-hydrogen) atoms. The smallest absolute Gasteiger partial charge is 0.151 e. The summed E-state index contributed by atoms with van der Waals surface area (Å²) in [6, 6.07) is 10.8. The van der Waals surface area contributed by atoms with Gasteiger partial charge in [0, 0.05) is 41.3 Å². The molecule has 0 radical (unpaired) electrons. The van der Waals surface area contributed by atoms with Crippen molar-refractivity contribution in [1.82, 2.24) is 9.47 Å². The second kappa shape index (κ2) is 5.02. The SMILES string of the molecule is CN1CCC2(CC1)Oc1ccccc1Cn1cc(I)cc12. The summed E-state index contributed by atoms with van der Waals surface area (Å²) in [7, 11) is 2.19. The number of para-hydroxylation sites is 1. The van der Waals surface area contributed by atoms with Gasteiger partial charge in [0.1, 0.15) is 5.75 Å². The Kier molecular flexibility index (Phi) is 3.26. The molecule has 3 nitrogen and oxygen atoms in total. The minimum absolute atomic E-state index is 0.164. The Balaban J connectivity index is 1.85. The molecule has 0 bridgehead atoms. The molecule has 0 N–H and O–H groups in total. The molecule has 0 saturated carbocycles. The van der Waals surface area contributed by atoms with E-state index >= 15 is 0 Å². The maximum atomic E-state index is 6.62. The van der Waals surface area contributed by atoms with Crippen LogP contribution in [0.2, 0.25) is 0 Å². The Morgan fingerprint density at radius 3 is 2.76 bits per heavy atom. The van der Waals surface area contributed by atoms with Gasteiger partial charge >= 0.3 is 0 Å². The van der Waals surface area contributed by atoms with Crippen molar-refractivity contribution in [2.45, 2.75) is 25.0 Å². The van der Waals surface area contributed by atoms with Gasteiger partial charge in [-0.25, -0.2) is 0 Å². The number of halogens is 1. The maximum absolute atomic E-state index is 6.62. The Morgan fingerprint density at radius 2 is 1.95 bits per heavy atom. The van der Waals surface area contributed by atoms with Crippen molar-refractivity contribution in [1.29, 1.82) is 0 Å². The highest BCUT2D eigenvalue weighted by Gasteiger charge is 2.42. The molecule has 1 aromatic carbocycles. The van der Waals surface area contributed by atoms with Crippen LogP contribution in [-0.2, 0) is 12.1 Å². The number of benzene rings is 1. The topological polar surface area (TPSA) is 17.4 Å². The molecule has 110 valence electrons. The highest BCUT2D eigenvalue weighted by molar-refractivity contribution is 14.1. The van der Waals surface area contributed by atoms with Gasteiger partial charge in [-0.1, -0.05) is 18.2 Å². The van der Waals surface area contributed by atoms with Gasteiger partial charge < -0.3 is 14.2 Å². The summed E-state index contributed by atoms with van der Waals surface area (Å²) in [5.41, 5.74) is 2.46. The molecule has 0 atom stereocenters. The molecule has 1 fully saturated rings. The van der Waals surface area contributed by atoms with E-state index in [1.807, 2.05) is 0 Å². The molecular weight excluding hydrogens is 375 g/mol. The van der Waals surface area contributed by atoms with E-state index < -0.39 is 0 Å². The normalized spacial score (nSPS) is 20.5. The first kappa shape index (κ1) is 13.6. The average molecular weight is 394 g/mol. The lowest BCUT2D eigenvalue weighted by molar-refractivity contribution is 0.000377. The Hall–Kier alpha value is -1.01. The Labute approximate surface area is 139 Å². The minimum Gasteiger partial charge on any atom is -0.481 e. The van der Waals surface area contributed by atoms with Crippen molar-refractivity contribution in [3.63, 3.8) is 0 Å². The molecule has 0 aliphatic carbocycles. The van der Waals surface area contributed by atoms with Crippen LogP contribution in [0.1, 0.15) is 24.1 Å². The zero-order valence-corrected chi connectivity index (χ0v) is 14.3. The third-order valence-electron chi connectivity index (χ3n) is 4.74. The van der Waals surface area contributed by atoms with Crippen molar-refractivity contribution in [3.05, 3.63) is 51.4 Å². The molecule has 0 unspecified atom stereocenters. The Bertz CT molecular complexity index is 671. The molecule has 1 saturated heterocycles. The molecular formula is C17H19IN2O. The molecule has 0 amide bonds. The van der Waals surface area contributed by atoms with E-state index in [-0.39, 0.29) is 5.60 Å². The second-order valence-electron chi connectivity index (χ2n) is 6.18. The average Bonchev–Trinajstić information content (AvgIpc) is 2.80. The molecule has 3 heterocycles. The van der Waals surface area contributed by atoms with Gasteiger partial charge in [0.05, 0.1) is 12.2 Å². The molecule has 2 aromatic rings. The monoisotopic (exact) mass is 394 g/mol. The fourth-order valence-electron chi connectivity index (χ4n) is 3.51. The van der Waals surface area contributed by atoms with Crippen molar-refractivity contribution >= 4 is 22.6 Å². The summed E-state index contributed by atoms with van der Waals surface area (Å²) >= 11 is 2.41. The summed E-state index contributed by atoms with van der Waals surface area (Å²) in [5.74, 6) is 1.06. The number of ether oxygens (including phenoxy) is 1. The summed E-state index contributed by atoms with van der Waals surface area (Å²) < 4.78 is 10.3. The van der Waals surface area contributed by atoms with Crippen molar-refractivity contribution < 1.29 is 4.74 Å². The summed E-state index contributed by atoms with van der Waals surface area (Å²) in [6.45, 7) is 3.08. The molecule has 4 heteroatoms. The van der Waals surface area contributed by atoms with Crippen LogP contribution >= 0.6 is 22.6 Å². The largest absolute Gasteiger partial charge is 0.481 e. The second-order valence-corrected chi connectivity index (χ2v) is 7.42. The molecule has 1 spiro atoms. The lowest BCUT2D eigenvalue weighted by Crippen LogP contribution is -2.45. The van der Waals surface area contributed by atoms with E-state index in [0.29, 0.717) is 0 Å². The van der Waals surface area contributed by atoms with Crippen LogP contribution in [0.15, 0.2) is 36.5 Å². The van der Waals surface area contributed by atoms with Crippen LogP contribution < -0.4 is 4.74 Å². The van der Waals surface area contributed by atoms with Gasteiger partial charge in [-0.3, -0.25) is 0 Å². The lowest BCUT2D eigenvalue weighted by atomic mass is 9.88. The number of aromatic nitrogens is 1.